The predicted molar refractivity (Wildman–Crippen MR) is 110 cm³/mol. The van der Waals surface area contributed by atoms with E-state index in [1.807, 2.05) is 0 Å². The molecular weight excluding hydrogens is 434 g/mol. The van der Waals surface area contributed by atoms with Crippen LogP contribution < -0.4 is 10.5 Å². The number of benzene rings is 3. The second kappa shape index (κ2) is 7.65. The quantitative estimate of drug-likeness (QED) is 0.300. The summed E-state index contributed by atoms with van der Waals surface area (Å²) in [5, 5.41) is 8.36. The van der Waals surface area contributed by atoms with Crippen molar-refractivity contribution < 1.29 is 30.7 Å². The Morgan fingerprint density at radius 2 is 1.63 bits per heavy atom. The Hall–Kier alpha value is -3.06. The van der Waals surface area contributed by atoms with Crippen molar-refractivity contribution in [3.8, 4) is 5.75 Å². The van der Waals surface area contributed by atoms with Crippen LogP contribution in [0.1, 0.15) is 5.56 Å². The minimum Gasteiger partial charge on any atom is -0.495 e. The third-order valence-electron chi connectivity index (χ3n) is 4.27. The highest BCUT2D eigenvalue weighted by molar-refractivity contribution is 7.86. The van der Waals surface area contributed by atoms with Gasteiger partial charge in [-0.25, -0.2) is 0 Å². The van der Waals surface area contributed by atoms with Gasteiger partial charge >= 0.3 is 0 Å². The molecule has 3 rings (SSSR count). The summed E-state index contributed by atoms with van der Waals surface area (Å²) in [7, 11) is -8.02. The Kier molecular flexibility index (Phi) is 5.52. The summed E-state index contributed by atoms with van der Waals surface area (Å²) in [6, 6.07) is 9.19. The predicted octanol–water partition coefficient (Wildman–Crippen LogP) is 3.65. The van der Waals surface area contributed by atoms with E-state index in [1.54, 1.807) is 19.1 Å². The van der Waals surface area contributed by atoms with E-state index in [1.165, 1.54) is 25.3 Å². The van der Waals surface area contributed by atoms with Gasteiger partial charge in [0.05, 0.1) is 29.1 Å². The third kappa shape index (κ3) is 4.41. The first-order valence-electron chi connectivity index (χ1n) is 8.29. The van der Waals surface area contributed by atoms with Crippen LogP contribution in [0.25, 0.3) is 10.8 Å². The lowest BCUT2D eigenvalue weighted by molar-refractivity contribution is 0.417. The highest BCUT2D eigenvalue weighted by Gasteiger charge is 2.20. The number of azo groups is 1. The molecule has 0 radical (unpaired) electrons. The van der Waals surface area contributed by atoms with Gasteiger partial charge in [0.2, 0.25) is 0 Å². The molecule has 0 amide bonds. The Balaban J connectivity index is 2.15. The Morgan fingerprint density at radius 1 is 0.933 bits per heavy atom. The Bertz CT molecular complexity index is 1400. The highest BCUT2D eigenvalue weighted by Crippen LogP contribution is 2.34. The molecule has 0 aliphatic carbocycles. The topological polar surface area (TPSA) is 169 Å². The van der Waals surface area contributed by atoms with Gasteiger partial charge in [-0.15, -0.1) is 0 Å². The van der Waals surface area contributed by atoms with Gasteiger partial charge in [0, 0.05) is 11.5 Å². The fourth-order valence-electron chi connectivity index (χ4n) is 2.81. The average Bonchev–Trinajstić information content (AvgIpc) is 2.64. The van der Waals surface area contributed by atoms with Gasteiger partial charge in [-0.3, -0.25) is 9.11 Å². The minimum atomic E-state index is -4.79. The van der Waals surface area contributed by atoms with E-state index in [4.69, 9.17) is 10.5 Å². The van der Waals surface area contributed by atoms with Crippen molar-refractivity contribution in [3.05, 3.63) is 48.0 Å². The van der Waals surface area contributed by atoms with Gasteiger partial charge in [0.25, 0.3) is 20.2 Å². The number of hydrogen-bond acceptors (Lipinski definition) is 8. The largest absolute Gasteiger partial charge is 0.495 e. The molecule has 3 aromatic carbocycles. The molecule has 0 atom stereocenters. The first-order valence-corrected chi connectivity index (χ1v) is 11.2. The first-order chi connectivity index (χ1) is 13.9. The molecule has 0 aromatic heterocycles. The van der Waals surface area contributed by atoms with Crippen LogP contribution in [0.15, 0.2) is 62.5 Å². The molecule has 0 saturated heterocycles. The van der Waals surface area contributed by atoms with Gasteiger partial charge in [-0.1, -0.05) is 6.07 Å². The normalized spacial score (nSPS) is 12.5. The highest BCUT2D eigenvalue weighted by atomic mass is 32.2. The number of anilines is 1. The summed E-state index contributed by atoms with van der Waals surface area (Å²) in [6.45, 7) is 1.78. The molecule has 0 spiro atoms. The van der Waals surface area contributed by atoms with Gasteiger partial charge in [0.15, 0.2) is 0 Å². The number of fused-ring (bicyclic) bond motifs is 1. The zero-order chi connectivity index (χ0) is 22.3. The summed E-state index contributed by atoms with van der Waals surface area (Å²) >= 11 is 0. The number of methoxy groups -OCH3 is 1. The number of rotatable bonds is 5. The van der Waals surface area contributed by atoms with Crippen LogP contribution in [0, 0.1) is 6.92 Å². The van der Waals surface area contributed by atoms with Gasteiger partial charge < -0.3 is 10.5 Å². The zero-order valence-corrected chi connectivity index (χ0v) is 17.4. The maximum atomic E-state index is 11.8. The number of nitrogen functional groups attached to an aromatic ring is 1. The molecule has 0 aliphatic rings. The summed E-state index contributed by atoms with van der Waals surface area (Å²) in [5.41, 5.74) is 7.71. The second-order valence-electron chi connectivity index (χ2n) is 6.36. The average molecular weight is 451 g/mol. The van der Waals surface area contributed by atoms with Crippen LogP contribution in [0.4, 0.5) is 17.1 Å². The van der Waals surface area contributed by atoms with Crippen molar-refractivity contribution in [1.29, 1.82) is 0 Å². The molecule has 12 heteroatoms. The van der Waals surface area contributed by atoms with E-state index in [9.17, 15) is 25.9 Å². The van der Waals surface area contributed by atoms with Gasteiger partial charge in [-0.05, 0) is 48.2 Å². The van der Waals surface area contributed by atoms with E-state index in [0.717, 1.165) is 11.6 Å². The lowest BCUT2D eigenvalue weighted by Gasteiger charge is -2.08. The molecule has 4 N–H and O–H groups in total. The van der Waals surface area contributed by atoms with E-state index in [0.29, 0.717) is 23.2 Å². The fourth-order valence-corrected chi connectivity index (χ4v) is 4.15. The standard InChI is InChI=1S/C18H17N3O7S2/c1-10-5-15(19)17(28-2)9-16(10)21-20-12-4-3-11-6-13(29(22,23)24)8-18(14(11)7-12)30(25,26)27/h3-9H,19H2,1-2H3,(H,22,23,24)(H,25,26,27). The number of hydrogen-bond donors (Lipinski definition) is 3. The van der Waals surface area contributed by atoms with E-state index >= 15 is 0 Å². The second-order valence-corrected chi connectivity index (χ2v) is 9.17. The van der Waals surface area contributed by atoms with Gasteiger partial charge in [0.1, 0.15) is 10.6 Å². The van der Waals surface area contributed by atoms with Crippen molar-refractivity contribution in [2.24, 2.45) is 10.2 Å². The monoisotopic (exact) mass is 451 g/mol. The molecule has 3 aromatic rings. The van der Waals surface area contributed by atoms with Crippen LogP contribution >= 0.6 is 0 Å². The molecule has 10 nitrogen and oxygen atoms in total. The van der Waals surface area contributed by atoms with Crippen molar-refractivity contribution >= 4 is 48.1 Å². The summed E-state index contributed by atoms with van der Waals surface area (Å²) < 4.78 is 70.3. The van der Waals surface area contributed by atoms with E-state index < -0.39 is 30.0 Å². The SMILES string of the molecule is COc1cc(N=Nc2ccc3cc(S(=O)(=O)O)cc(S(=O)(=O)O)c3c2)c(C)cc1N. The minimum absolute atomic E-state index is 0.00737. The van der Waals surface area contributed by atoms with Crippen LogP contribution in [-0.2, 0) is 20.2 Å². The maximum absolute atomic E-state index is 11.8. The molecule has 0 fully saturated rings. The molecule has 0 bridgehead atoms. The molecule has 0 aliphatic heterocycles. The lowest BCUT2D eigenvalue weighted by Crippen LogP contribution is -2.04. The smallest absolute Gasteiger partial charge is 0.295 e. The number of ether oxygens (including phenoxy) is 1. The molecular formula is C18H17N3O7S2. The molecule has 0 saturated carbocycles. The maximum Gasteiger partial charge on any atom is 0.295 e. The van der Waals surface area contributed by atoms with Crippen molar-refractivity contribution in [2.45, 2.75) is 16.7 Å². The molecule has 30 heavy (non-hydrogen) atoms. The van der Waals surface area contributed by atoms with E-state index in [-0.39, 0.29) is 16.5 Å². The Morgan fingerprint density at radius 3 is 2.23 bits per heavy atom. The van der Waals surface area contributed by atoms with Crippen molar-refractivity contribution in [1.82, 2.24) is 0 Å². The number of aryl methyl sites for hydroxylation is 1. The van der Waals surface area contributed by atoms with Crippen molar-refractivity contribution in [2.75, 3.05) is 12.8 Å². The Labute approximate surface area is 172 Å². The van der Waals surface area contributed by atoms with Crippen molar-refractivity contribution in [3.63, 3.8) is 0 Å². The van der Waals surface area contributed by atoms with Crippen LogP contribution in [-0.4, -0.2) is 33.1 Å². The van der Waals surface area contributed by atoms with Crippen LogP contribution in [0.2, 0.25) is 0 Å². The van der Waals surface area contributed by atoms with Gasteiger partial charge in [-0.2, -0.15) is 27.1 Å². The summed E-state index contributed by atoms with van der Waals surface area (Å²) in [5.74, 6) is 0.416. The molecule has 0 unspecified atom stereocenters. The fraction of sp³-hybridized carbons (Fsp3) is 0.111. The van der Waals surface area contributed by atoms with Crippen LogP contribution in [0.3, 0.4) is 0 Å². The summed E-state index contributed by atoms with van der Waals surface area (Å²) in [4.78, 5) is -1.35. The first kappa shape index (κ1) is 21.6. The van der Waals surface area contributed by atoms with Crippen LogP contribution in [0.5, 0.6) is 5.75 Å². The molecule has 158 valence electrons. The van der Waals surface area contributed by atoms with E-state index in [2.05, 4.69) is 10.2 Å². The summed E-state index contributed by atoms with van der Waals surface area (Å²) in [6.07, 6.45) is 0. The molecule has 0 heterocycles. The lowest BCUT2D eigenvalue weighted by atomic mass is 10.1. The number of nitrogens with zero attached hydrogens (tertiary/aromatic N) is 2. The third-order valence-corrected chi connectivity index (χ3v) is 6.00. The zero-order valence-electron chi connectivity index (χ0n) is 15.8. The number of nitrogens with two attached hydrogens (primary N) is 1.